The average Bonchev–Trinajstić information content (AvgIpc) is 2.36. The van der Waals surface area contributed by atoms with Gasteiger partial charge in [-0.15, -0.1) is 0 Å². The second kappa shape index (κ2) is 8.88. The van der Waals surface area contributed by atoms with Crippen LogP contribution < -0.4 is 14.8 Å². The van der Waals surface area contributed by atoms with Gasteiger partial charge in [-0.1, -0.05) is 25.5 Å². The van der Waals surface area contributed by atoms with Gasteiger partial charge in [-0.2, -0.15) is 0 Å². The van der Waals surface area contributed by atoms with Crippen LogP contribution in [0.15, 0.2) is 24.3 Å². The molecule has 0 saturated heterocycles. The van der Waals surface area contributed by atoms with Gasteiger partial charge in [-0.05, 0) is 25.5 Å². The van der Waals surface area contributed by atoms with E-state index in [-0.39, 0.29) is 0 Å². The molecule has 0 aromatic heterocycles. The van der Waals surface area contributed by atoms with Crippen molar-refractivity contribution in [1.82, 2.24) is 0 Å². The van der Waals surface area contributed by atoms with Gasteiger partial charge < -0.3 is 14.8 Å². The van der Waals surface area contributed by atoms with E-state index in [1.165, 1.54) is 0 Å². The Kier molecular flexibility index (Phi) is 7.23. The highest BCUT2D eigenvalue weighted by molar-refractivity contribution is 5.39. The van der Waals surface area contributed by atoms with Crippen molar-refractivity contribution in [2.24, 2.45) is 0 Å². The van der Waals surface area contributed by atoms with Crippen LogP contribution >= 0.6 is 0 Å². The van der Waals surface area contributed by atoms with Crippen molar-refractivity contribution in [1.29, 1.82) is 0 Å². The first kappa shape index (κ1) is 13.8. The van der Waals surface area contributed by atoms with Crippen LogP contribution in [0.3, 0.4) is 0 Å². The number of ether oxygens (including phenoxy) is 2. The zero-order valence-corrected chi connectivity index (χ0v) is 10.9. The van der Waals surface area contributed by atoms with E-state index in [4.69, 9.17) is 9.47 Å². The largest absolute Gasteiger partial charge is 0.490 e. The van der Waals surface area contributed by atoms with Gasteiger partial charge in [0.25, 0.3) is 0 Å². The lowest BCUT2D eigenvalue weighted by Crippen LogP contribution is -2.84. The van der Waals surface area contributed by atoms with Crippen molar-refractivity contribution in [2.45, 2.75) is 26.7 Å². The molecule has 1 aromatic rings. The number of unbranched alkanes of at least 4 members (excludes halogenated alkanes) is 1. The second-order valence-corrected chi connectivity index (χ2v) is 3.98. The first-order chi connectivity index (χ1) is 8.38. The Morgan fingerprint density at radius 2 is 1.65 bits per heavy atom. The molecule has 2 N–H and O–H groups in total. The first-order valence-electron chi connectivity index (χ1n) is 6.54. The predicted octanol–water partition coefficient (Wildman–Crippen LogP) is 1.83. The Labute approximate surface area is 104 Å². The van der Waals surface area contributed by atoms with Crippen LogP contribution in [0.25, 0.3) is 0 Å². The quantitative estimate of drug-likeness (QED) is 0.666. The predicted molar refractivity (Wildman–Crippen MR) is 69.7 cm³/mol. The van der Waals surface area contributed by atoms with Crippen LogP contribution in [-0.2, 0) is 0 Å². The number of para-hydroxylation sites is 2. The standard InChI is InChI=1S/C14H23NO2/c1-3-5-11-16-13-8-6-7-9-14(13)17-12-10-15-4-2/h6-9,15H,3-5,10-12H2,1-2H3/p+1. The summed E-state index contributed by atoms with van der Waals surface area (Å²) in [6, 6.07) is 7.89. The topological polar surface area (TPSA) is 35.1 Å². The number of likely N-dealkylation sites (N-methyl/N-ethyl adjacent to an activating group) is 1. The fraction of sp³-hybridized carbons (Fsp3) is 0.571. The number of rotatable bonds is 9. The van der Waals surface area contributed by atoms with E-state index in [9.17, 15) is 0 Å². The summed E-state index contributed by atoms with van der Waals surface area (Å²) >= 11 is 0. The van der Waals surface area contributed by atoms with Crippen molar-refractivity contribution < 1.29 is 14.8 Å². The highest BCUT2D eigenvalue weighted by atomic mass is 16.5. The maximum Gasteiger partial charge on any atom is 0.161 e. The summed E-state index contributed by atoms with van der Waals surface area (Å²) in [5, 5.41) is 2.22. The molecule has 0 unspecified atom stereocenters. The molecule has 1 rings (SSSR count). The zero-order chi connectivity index (χ0) is 12.3. The van der Waals surface area contributed by atoms with E-state index in [0.717, 1.165) is 50.6 Å². The maximum atomic E-state index is 5.71. The number of nitrogens with two attached hydrogens (primary N) is 1. The molecule has 0 aliphatic rings. The third kappa shape index (κ3) is 5.59. The Hall–Kier alpha value is -1.22. The van der Waals surface area contributed by atoms with E-state index < -0.39 is 0 Å². The van der Waals surface area contributed by atoms with Gasteiger partial charge in [0.05, 0.1) is 13.2 Å². The van der Waals surface area contributed by atoms with Crippen LogP contribution in [0.5, 0.6) is 11.5 Å². The number of hydrogen-bond donors (Lipinski definition) is 1. The Balaban J connectivity index is 2.40. The zero-order valence-electron chi connectivity index (χ0n) is 10.9. The fourth-order valence-corrected chi connectivity index (χ4v) is 1.47. The minimum atomic E-state index is 0.724. The molecular weight excluding hydrogens is 214 g/mol. The van der Waals surface area contributed by atoms with Crippen LogP contribution in [0.1, 0.15) is 26.7 Å². The van der Waals surface area contributed by atoms with Gasteiger partial charge in [0.2, 0.25) is 0 Å². The Morgan fingerprint density at radius 3 is 2.24 bits per heavy atom. The van der Waals surface area contributed by atoms with Crippen molar-refractivity contribution in [3.8, 4) is 11.5 Å². The molecule has 0 bridgehead atoms. The van der Waals surface area contributed by atoms with Crippen molar-refractivity contribution >= 4 is 0 Å². The molecule has 0 radical (unpaired) electrons. The highest BCUT2D eigenvalue weighted by Crippen LogP contribution is 2.26. The summed E-state index contributed by atoms with van der Waals surface area (Å²) in [6.07, 6.45) is 2.23. The lowest BCUT2D eigenvalue weighted by atomic mass is 10.3. The second-order valence-electron chi connectivity index (χ2n) is 3.98. The molecular formula is C14H24NO2+. The minimum Gasteiger partial charge on any atom is -0.490 e. The van der Waals surface area contributed by atoms with E-state index in [1.54, 1.807) is 0 Å². The summed E-state index contributed by atoms with van der Waals surface area (Å²) in [7, 11) is 0. The Bertz CT molecular complexity index is 302. The van der Waals surface area contributed by atoms with Crippen LogP contribution in [0, 0.1) is 0 Å². The molecule has 0 spiro atoms. The molecule has 3 nitrogen and oxygen atoms in total. The van der Waals surface area contributed by atoms with Crippen LogP contribution in [-0.4, -0.2) is 26.3 Å². The molecule has 96 valence electrons. The third-order valence-corrected chi connectivity index (χ3v) is 2.47. The van der Waals surface area contributed by atoms with Crippen molar-refractivity contribution in [3.05, 3.63) is 24.3 Å². The van der Waals surface area contributed by atoms with Crippen molar-refractivity contribution in [3.63, 3.8) is 0 Å². The van der Waals surface area contributed by atoms with E-state index in [2.05, 4.69) is 19.2 Å². The molecule has 0 heterocycles. The SMILES string of the molecule is CCCCOc1ccccc1OCC[NH2+]CC. The minimum absolute atomic E-state index is 0.724. The normalized spacial score (nSPS) is 10.2. The molecule has 3 heteroatoms. The summed E-state index contributed by atoms with van der Waals surface area (Å²) in [5.41, 5.74) is 0. The molecule has 1 aromatic carbocycles. The van der Waals surface area contributed by atoms with Crippen LogP contribution in [0.2, 0.25) is 0 Å². The van der Waals surface area contributed by atoms with E-state index in [0.29, 0.717) is 0 Å². The molecule has 0 aliphatic heterocycles. The lowest BCUT2D eigenvalue weighted by molar-refractivity contribution is -0.652. The van der Waals surface area contributed by atoms with Gasteiger partial charge in [-0.25, -0.2) is 0 Å². The third-order valence-electron chi connectivity index (χ3n) is 2.47. The van der Waals surface area contributed by atoms with Crippen molar-refractivity contribution in [2.75, 3.05) is 26.3 Å². The lowest BCUT2D eigenvalue weighted by Gasteiger charge is -2.11. The van der Waals surface area contributed by atoms with Gasteiger partial charge in [0.1, 0.15) is 13.2 Å². The van der Waals surface area contributed by atoms with Gasteiger partial charge >= 0.3 is 0 Å². The Morgan fingerprint density at radius 1 is 1.00 bits per heavy atom. The molecule has 0 saturated carbocycles. The van der Waals surface area contributed by atoms with E-state index >= 15 is 0 Å². The summed E-state index contributed by atoms with van der Waals surface area (Å²) < 4.78 is 11.4. The molecule has 0 aliphatic carbocycles. The number of benzene rings is 1. The van der Waals surface area contributed by atoms with Gasteiger partial charge in [-0.3, -0.25) is 0 Å². The van der Waals surface area contributed by atoms with Crippen LogP contribution in [0.4, 0.5) is 0 Å². The average molecular weight is 238 g/mol. The number of hydrogen-bond acceptors (Lipinski definition) is 2. The summed E-state index contributed by atoms with van der Waals surface area (Å²) in [4.78, 5) is 0. The van der Waals surface area contributed by atoms with Gasteiger partial charge in [0, 0.05) is 0 Å². The molecule has 0 fully saturated rings. The smallest absolute Gasteiger partial charge is 0.161 e. The summed E-state index contributed by atoms with van der Waals surface area (Å²) in [6.45, 7) is 7.87. The van der Waals surface area contributed by atoms with Gasteiger partial charge in [0.15, 0.2) is 11.5 Å². The van der Waals surface area contributed by atoms with E-state index in [1.807, 2.05) is 24.3 Å². The molecule has 17 heavy (non-hydrogen) atoms. The summed E-state index contributed by atoms with van der Waals surface area (Å²) in [5.74, 6) is 1.71. The molecule has 0 atom stereocenters. The first-order valence-corrected chi connectivity index (χ1v) is 6.54. The highest BCUT2D eigenvalue weighted by Gasteiger charge is 2.03. The maximum absolute atomic E-state index is 5.71. The number of quaternary nitrogens is 1. The molecule has 0 amide bonds. The fourth-order valence-electron chi connectivity index (χ4n) is 1.47. The monoisotopic (exact) mass is 238 g/mol.